The summed E-state index contributed by atoms with van der Waals surface area (Å²) >= 11 is 0. The zero-order valence-corrected chi connectivity index (χ0v) is 14.6. The fourth-order valence-electron chi connectivity index (χ4n) is 2.36. The van der Waals surface area contributed by atoms with Crippen molar-refractivity contribution in [1.82, 2.24) is 0 Å². The van der Waals surface area contributed by atoms with Gasteiger partial charge in [0.05, 0.1) is 10.6 Å². The summed E-state index contributed by atoms with van der Waals surface area (Å²) in [5.74, 6) is -1.37. The first-order valence-corrected chi connectivity index (χ1v) is 9.23. The molecular formula is C19H16F2N2O2S. The van der Waals surface area contributed by atoms with Crippen LogP contribution in [0.4, 0.5) is 25.8 Å². The number of hydrogen-bond donors (Lipinski definition) is 2. The average molecular weight is 374 g/mol. The molecule has 4 nitrogen and oxygen atoms in total. The minimum atomic E-state index is -3.69. The molecule has 0 unspecified atom stereocenters. The monoisotopic (exact) mass is 374 g/mol. The number of nitrogens with one attached hydrogen (secondary N) is 2. The van der Waals surface area contributed by atoms with Crippen molar-refractivity contribution in [2.45, 2.75) is 11.8 Å². The van der Waals surface area contributed by atoms with Gasteiger partial charge in [-0.15, -0.1) is 0 Å². The second kappa shape index (κ2) is 7.13. The number of aryl methyl sites for hydroxylation is 1. The maximum absolute atomic E-state index is 13.7. The van der Waals surface area contributed by atoms with E-state index in [0.29, 0.717) is 11.4 Å². The highest BCUT2D eigenvalue weighted by atomic mass is 32.2. The highest BCUT2D eigenvalue weighted by molar-refractivity contribution is 7.92. The Morgan fingerprint density at radius 2 is 1.54 bits per heavy atom. The van der Waals surface area contributed by atoms with Crippen LogP contribution < -0.4 is 10.0 Å². The van der Waals surface area contributed by atoms with E-state index in [9.17, 15) is 17.2 Å². The van der Waals surface area contributed by atoms with E-state index >= 15 is 0 Å². The Balaban J connectivity index is 1.75. The molecule has 2 N–H and O–H groups in total. The normalized spacial score (nSPS) is 11.2. The van der Waals surface area contributed by atoms with E-state index in [1.165, 1.54) is 12.1 Å². The van der Waals surface area contributed by atoms with Crippen molar-refractivity contribution in [3.05, 3.63) is 83.9 Å². The van der Waals surface area contributed by atoms with Crippen molar-refractivity contribution in [2.24, 2.45) is 0 Å². The quantitative estimate of drug-likeness (QED) is 0.673. The SMILES string of the molecule is Cc1cccc(S(=O)(=O)Nc2ccc(Nc3ccc(F)cc3F)cc2)c1. The van der Waals surface area contributed by atoms with E-state index in [2.05, 4.69) is 10.0 Å². The van der Waals surface area contributed by atoms with Gasteiger partial charge < -0.3 is 5.32 Å². The fourth-order valence-corrected chi connectivity index (χ4v) is 3.53. The van der Waals surface area contributed by atoms with Crippen molar-refractivity contribution in [2.75, 3.05) is 10.0 Å². The summed E-state index contributed by atoms with van der Waals surface area (Å²) in [5, 5.41) is 2.81. The smallest absolute Gasteiger partial charge is 0.261 e. The number of anilines is 3. The van der Waals surface area contributed by atoms with Crippen LogP contribution in [-0.2, 0) is 10.0 Å². The molecule has 3 aromatic rings. The van der Waals surface area contributed by atoms with E-state index in [-0.39, 0.29) is 10.6 Å². The minimum absolute atomic E-state index is 0.125. The molecule has 3 rings (SSSR count). The third kappa shape index (κ3) is 4.18. The molecule has 0 bridgehead atoms. The Kier molecular flexibility index (Phi) is 4.90. The first-order chi connectivity index (χ1) is 12.3. The minimum Gasteiger partial charge on any atom is -0.353 e. The number of sulfonamides is 1. The zero-order chi connectivity index (χ0) is 18.7. The summed E-state index contributed by atoms with van der Waals surface area (Å²) < 4.78 is 53.9. The molecule has 0 atom stereocenters. The van der Waals surface area contributed by atoms with Crippen LogP contribution in [0.3, 0.4) is 0 Å². The van der Waals surface area contributed by atoms with Crippen molar-refractivity contribution < 1.29 is 17.2 Å². The summed E-state index contributed by atoms with van der Waals surface area (Å²) in [5.41, 5.74) is 1.87. The van der Waals surface area contributed by atoms with Crippen LogP contribution in [0.1, 0.15) is 5.56 Å². The highest BCUT2D eigenvalue weighted by Crippen LogP contribution is 2.23. The van der Waals surface area contributed by atoms with E-state index in [1.54, 1.807) is 36.4 Å². The lowest BCUT2D eigenvalue weighted by Crippen LogP contribution is -2.13. The molecule has 7 heteroatoms. The fraction of sp³-hybridized carbons (Fsp3) is 0.0526. The van der Waals surface area contributed by atoms with E-state index < -0.39 is 21.7 Å². The summed E-state index contributed by atoms with van der Waals surface area (Å²) in [7, 11) is -3.69. The molecule has 0 spiro atoms. The standard InChI is InChI=1S/C19H16F2N2O2S/c1-13-3-2-4-17(11-13)26(24,25)23-16-8-6-15(7-9-16)22-19-10-5-14(20)12-18(19)21/h2-12,22-23H,1H3. The van der Waals surface area contributed by atoms with Gasteiger partial charge in [0.15, 0.2) is 0 Å². The Hall–Kier alpha value is -2.93. The molecule has 26 heavy (non-hydrogen) atoms. The number of hydrogen-bond acceptors (Lipinski definition) is 3. The van der Waals surface area contributed by atoms with Gasteiger partial charge in [-0.05, 0) is 61.0 Å². The molecular weight excluding hydrogens is 358 g/mol. The third-order valence-electron chi connectivity index (χ3n) is 3.65. The van der Waals surface area contributed by atoms with Crippen LogP contribution in [0.15, 0.2) is 71.6 Å². The summed E-state index contributed by atoms with van der Waals surface area (Å²) in [6, 6.07) is 16.1. The number of halogens is 2. The lowest BCUT2D eigenvalue weighted by atomic mass is 10.2. The summed E-state index contributed by atoms with van der Waals surface area (Å²) in [6.07, 6.45) is 0. The Morgan fingerprint density at radius 3 is 2.19 bits per heavy atom. The first-order valence-electron chi connectivity index (χ1n) is 7.75. The molecule has 3 aromatic carbocycles. The lowest BCUT2D eigenvalue weighted by molar-refractivity contribution is 0.586. The van der Waals surface area contributed by atoms with Crippen molar-refractivity contribution in [1.29, 1.82) is 0 Å². The Labute approximate surface area is 150 Å². The lowest BCUT2D eigenvalue weighted by Gasteiger charge is -2.11. The largest absolute Gasteiger partial charge is 0.353 e. The third-order valence-corrected chi connectivity index (χ3v) is 5.03. The molecule has 134 valence electrons. The van der Waals surface area contributed by atoms with Crippen LogP contribution in [0.25, 0.3) is 0 Å². The molecule has 0 aliphatic heterocycles. The predicted octanol–water partition coefficient (Wildman–Crippen LogP) is 4.82. The van der Waals surface area contributed by atoms with Gasteiger partial charge in [-0.2, -0.15) is 0 Å². The van der Waals surface area contributed by atoms with Gasteiger partial charge in [0, 0.05) is 17.4 Å². The molecule has 0 aliphatic carbocycles. The molecule has 0 aliphatic rings. The number of rotatable bonds is 5. The maximum Gasteiger partial charge on any atom is 0.261 e. The molecule has 0 amide bonds. The van der Waals surface area contributed by atoms with Crippen LogP contribution in [0.2, 0.25) is 0 Å². The van der Waals surface area contributed by atoms with Gasteiger partial charge in [-0.3, -0.25) is 4.72 Å². The van der Waals surface area contributed by atoms with E-state index in [4.69, 9.17) is 0 Å². The van der Waals surface area contributed by atoms with Gasteiger partial charge in [-0.25, -0.2) is 17.2 Å². The van der Waals surface area contributed by atoms with Gasteiger partial charge in [-0.1, -0.05) is 12.1 Å². The molecule has 0 radical (unpaired) electrons. The van der Waals surface area contributed by atoms with Crippen LogP contribution in [0.5, 0.6) is 0 Å². The Morgan fingerprint density at radius 1 is 0.846 bits per heavy atom. The van der Waals surface area contributed by atoms with Crippen LogP contribution in [-0.4, -0.2) is 8.42 Å². The van der Waals surface area contributed by atoms with Crippen molar-refractivity contribution in [3.63, 3.8) is 0 Å². The zero-order valence-electron chi connectivity index (χ0n) is 13.8. The van der Waals surface area contributed by atoms with Gasteiger partial charge in [0.25, 0.3) is 10.0 Å². The molecule has 0 saturated heterocycles. The summed E-state index contributed by atoms with van der Waals surface area (Å²) in [4.78, 5) is 0.174. The molecule has 0 fully saturated rings. The van der Waals surface area contributed by atoms with E-state index in [0.717, 1.165) is 17.7 Å². The van der Waals surface area contributed by atoms with Crippen LogP contribution >= 0.6 is 0 Å². The summed E-state index contributed by atoms with van der Waals surface area (Å²) in [6.45, 7) is 1.81. The highest BCUT2D eigenvalue weighted by Gasteiger charge is 2.14. The van der Waals surface area contributed by atoms with Crippen LogP contribution in [0, 0.1) is 18.6 Å². The molecule has 0 saturated carbocycles. The topological polar surface area (TPSA) is 58.2 Å². The Bertz CT molecular complexity index is 1040. The van der Waals surface area contributed by atoms with Gasteiger partial charge in [0.2, 0.25) is 0 Å². The van der Waals surface area contributed by atoms with Gasteiger partial charge >= 0.3 is 0 Å². The molecule has 0 aromatic heterocycles. The second-order valence-corrected chi connectivity index (χ2v) is 7.43. The average Bonchev–Trinajstić information content (AvgIpc) is 2.59. The molecule has 0 heterocycles. The second-order valence-electron chi connectivity index (χ2n) is 5.75. The first kappa shape index (κ1) is 17.9. The van der Waals surface area contributed by atoms with E-state index in [1.807, 2.05) is 13.0 Å². The van der Waals surface area contributed by atoms with Gasteiger partial charge in [0.1, 0.15) is 11.6 Å². The predicted molar refractivity (Wildman–Crippen MR) is 98.1 cm³/mol. The maximum atomic E-state index is 13.7. The van der Waals surface area contributed by atoms with Crippen molar-refractivity contribution in [3.8, 4) is 0 Å². The van der Waals surface area contributed by atoms with Crippen molar-refractivity contribution >= 4 is 27.1 Å². The number of benzene rings is 3.